The van der Waals surface area contributed by atoms with Gasteiger partial charge in [-0.2, -0.15) is 9.36 Å². The van der Waals surface area contributed by atoms with Crippen LogP contribution in [0.5, 0.6) is 0 Å². The van der Waals surface area contributed by atoms with Gasteiger partial charge in [0, 0.05) is 35.9 Å². The summed E-state index contributed by atoms with van der Waals surface area (Å²) in [6, 6.07) is -1.22. The van der Waals surface area contributed by atoms with Crippen molar-refractivity contribution in [2.24, 2.45) is 17.9 Å². The van der Waals surface area contributed by atoms with Crippen LogP contribution < -0.4 is 42.9 Å². The van der Waals surface area contributed by atoms with Gasteiger partial charge < -0.3 is 53.0 Å². The molecule has 2 aromatic heterocycles. The fourth-order valence-corrected chi connectivity index (χ4v) is 5.99. The molecule has 0 radical (unpaired) electrons. The van der Waals surface area contributed by atoms with Crippen molar-refractivity contribution in [2.45, 2.75) is 37.4 Å². The maximum absolute atomic E-state index is 13.2. The van der Waals surface area contributed by atoms with Gasteiger partial charge in [0.05, 0.1) is 18.7 Å². The molecule has 2 aliphatic rings. The van der Waals surface area contributed by atoms with Gasteiger partial charge in [-0.3, -0.25) is 24.1 Å². The number of nitrogens with two attached hydrogens (primary N) is 3. The molecule has 0 saturated carbocycles. The first kappa shape index (κ1) is 34.6. The zero-order valence-corrected chi connectivity index (χ0v) is 26.6. The molecule has 23 heteroatoms. The summed E-state index contributed by atoms with van der Waals surface area (Å²) in [6.07, 6.45) is 1.38. The maximum Gasteiger partial charge on any atom is 0.350 e. The number of rotatable bonds is 12. The Morgan fingerprint density at radius 1 is 1.23 bits per heavy atom. The number of hydrogen-bond acceptors (Lipinski definition) is 16. The molecule has 4 amide bonds. The lowest BCUT2D eigenvalue weighted by molar-refractivity contribution is -0.765. The summed E-state index contributed by atoms with van der Waals surface area (Å²) in [6.45, 7) is 2.49. The number of carboxylic acids is 2. The monoisotopic (exact) mass is 694 g/mol. The number of hydrogen-bond donors (Lipinski definition) is 7. The third-order valence-electron chi connectivity index (χ3n) is 6.80. The summed E-state index contributed by atoms with van der Waals surface area (Å²) >= 11 is 1.88. The van der Waals surface area contributed by atoms with Crippen LogP contribution in [-0.4, -0.2) is 101 Å². The normalized spacial score (nSPS) is 17.8. The highest BCUT2D eigenvalue weighted by atomic mass is 32.2. The van der Waals surface area contributed by atoms with Crippen molar-refractivity contribution in [1.29, 1.82) is 0 Å². The quantitative estimate of drug-likeness (QED) is 0.0360. The number of carbonyl (C=O) groups is 6. The molecule has 0 unspecified atom stereocenters. The topological polar surface area (TPSA) is 319 Å². The summed E-state index contributed by atoms with van der Waals surface area (Å²) in [7, 11) is 1.53. The number of aromatic nitrogens is 4. The molecule has 0 spiro atoms. The number of aliphatic carboxylic acids is 2. The van der Waals surface area contributed by atoms with E-state index in [1.807, 2.05) is 0 Å². The van der Waals surface area contributed by atoms with Crippen LogP contribution in [0.15, 0.2) is 22.6 Å². The average molecular weight is 695 g/mol. The predicted molar refractivity (Wildman–Crippen MR) is 161 cm³/mol. The molecule has 47 heavy (non-hydrogen) atoms. The van der Waals surface area contributed by atoms with Crippen molar-refractivity contribution < 1.29 is 48.5 Å². The van der Waals surface area contributed by atoms with Crippen molar-refractivity contribution in [2.75, 3.05) is 35.6 Å². The smallest absolute Gasteiger partial charge is 0.350 e. The molecule has 0 aliphatic carbocycles. The average Bonchev–Trinajstić information content (AvgIpc) is 3.55. The van der Waals surface area contributed by atoms with Gasteiger partial charge in [-0.05, 0) is 13.8 Å². The summed E-state index contributed by atoms with van der Waals surface area (Å²) < 4.78 is 6.76. The van der Waals surface area contributed by atoms with E-state index in [1.54, 1.807) is 0 Å². The molecule has 252 valence electrons. The summed E-state index contributed by atoms with van der Waals surface area (Å²) in [5, 5.41) is 31.5. The molecule has 0 aromatic carbocycles. The van der Waals surface area contributed by atoms with Gasteiger partial charge in [0.25, 0.3) is 11.8 Å². The van der Waals surface area contributed by atoms with E-state index in [2.05, 4.69) is 30.5 Å². The van der Waals surface area contributed by atoms with Crippen molar-refractivity contribution >= 4 is 81.2 Å². The second kappa shape index (κ2) is 13.6. The molecule has 4 heterocycles. The molecule has 21 nitrogen and oxygen atoms in total. The molecule has 10 N–H and O–H groups in total. The second-order valence-electron chi connectivity index (χ2n) is 10.5. The molecule has 2 aliphatic heterocycles. The Balaban J connectivity index is 1.53. The van der Waals surface area contributed by atoms with Gasteiger partial charge in [0.15, 0.2) is 23.2 Å². The highest BCUT2D eigenvalue weighted by Crippen LogP contribution is 2.40. The van der Waals surface area contributed by atoms with E-state index >= 15 is 0 Å². The summed E-state index contributed by atoms with van der Waals surface area (Å²) in [5.74, 6) is -6.89. The lowest BCUT2D eigenvalue weighted by Gasteiger charge is -2.50. The number of thioether (sulfide) groups is 1. The van der Waals surface area contributed by atoms with Gasteiger partial charge in [0.1, 0.15) is 11.4 Å². The van der Waals surface area contributed by atoms with Crippen LogP contribution in [0.25, 0.3) is 0 Å². The van der Waals surface area contributed by atoms with Gasteiger partial charge in [-0.1, -0.05) is 5.16 Å². The Kier molecular flexibility index (Phi) is 10.0. The van der Waals surface area contributed by atoms with E-state index in [4.69, 9.17) is 22.0 Å². The van der Waals surface area contributed by atoms with Gasteiger partial charge >= 0.3 is 17.8 Å². The molecule has 1 saturated heterocycles. The molecular formula is C24H30N12O9S2. The fourth-order valence-electron chi connectivity index (χ4n) is 4.22. The number of nitrogen functional groups attached to an aromatic ring is 2. The number of nitrogens with zero attached hydrogens (tertiary/aromatic N) is 6. The number of nitrogens with one attached hydrogen (secondary N) is 3. The first-order valence-electron chi connectivity index (χ1n) is 13.5. The number of fused-ring (bicyclic) bond motifs is 1. The predicted octanol–water partition coefficient (Wildman–Crippen LogP) is -4.97. The van der Waals surface area contributed by atoms with E-state index in [-0.39, 0.29) is 53.4 Å². The number of carbonyl (C=O) groups excluding carboxylic acids is 5. The van der Waals surface area contributed by atoms with E-state index in [1.165, 1.54) is 36.5 Å². The van der Waals surface area contributed by atoms with Crippen molar-refractivity contribution in [3.05, 3.63) is 23.3 Å². The van der Waals surface area contributed by atoms with E-state index in [0.29, 0.717) is 0 Å². The summed E-state index contributed by atoms with van der Waals surface area (Å²) in [5.41, 5.74) is 14.5. The number of carboxylic acid groups (broad SMARTS) is 2. The van der Waals surface area contributed by atoms with Crippen LogP contribution in [0, 0.1) is 0 Å². The largest absolute Gasteiger partial charge is 0.543 e. The Labute approximate surface area is 273 Å². The minimum Gasteiger partial charge on any atom is -0.543 e. The number of oxime groups is 1. The highest BCUT2D eigenvalue weighted by molar-refractivity contribution is 8.00. The zero-order chi connectivity index (χ0) is 34.8. The van der Waals surface area contributed by atoms with Crippen molar-refractivity contribution in [3.8, 4) is 0 Å². The van der Waals surface area contributed by atoms with E-state index in [9.17, 15) is 39.0 Å². The van der Waals surface area contributed by atoms with Crippen LogP contribution >= 0.6 is 23.3 Å². The van der Waals surface area contributed by atoms with Gasteiger partial charge in [-0.25, -0.2) is 4.79 Å². The molecule has 2 aromatic rings. The number of β-lactam (4-membered cyclic amide) rings is 1. The minimum absolute atomic E-state index is 0.0247. The Bertz CT molecular complexity index is 1720. The minimum atomic E-state index is -1.84. The Morgan fingerprint density at radius 3 is 2.53 bits per heavy atom. The summed E-state index contributed by atoms with van der Waals surface area (Å²) in [4.78, 5) is 84.3. The van der Waals surface area contributed by atoms with Gasteiger partial charge in [-0.15, -0.1) is 21.1 Å². The SMILES string of the molecule is Cn1c(N)c(NC(=O)C(=O)NCCN)c[n+]1CC1=C(C(=O)[O-])N2C(=O)[C@@H](NC(=O)/C(=N/OC(C)(C)C(=O)O)c3nsc(N)n3)[C@H]2SC1. The lowest BCUT2D eigenvalue weighted by atomic mass is 10.0. The maximum atomic E-state index is 13.2. The standard InChI is InChI=1S/C24H30N12O9S2/c1-24(2,22(43)44)45-32-11(15-31-23(27)47-33-15)16(37)30-12-19(40)36-13(21(41)42)9(8-46-20(12)36)6-35-7-10(14(26)34(35)3)29-18(39)17(38)28-5-4-25/h7,12,20,26H,4-6,8,25H2,1-3H3,(H7,27,28,29,30,31,33,37,38,39,41,42,43,44)/b32-11+/t12-,20-/m1/s1. The van der Waals surface area contributed by atoms with Crippen LogP contribution in [0.2, 0.25) is 0 Å². The fraction of sp³-hybridized carbons (Fsp3) is 0.417. The van der Waals surface area contributed by atoms with Crippen molar-refractivity contribution in [3.63, 3.8) is 0 Å². The Morgan fingerprint density at radius 2 is 1.94 bits per heavy atom. The molecule has 2 atom stereocenters. The van der Waals surface area contributed by atoms with Crippen LogP contribution in [-0.2, 0) is 47.2 Å². The number of anilines is 3. The van der Waals surface area contributed by atoms with Crippen molar-refractivity contribution in [1.82, 2.24) is 29.6 Å². The van der Waals surface area contributed by atoms with Crippen LogP contribution in [0.1, 0.15) is 19.7 Å². The van der Waals surface area contributed by atoms with Crippen LogP contribution in [0.4, 0.5) is 16.6 Å². The first-order valence-corrected chi connectivity index (χ1v) is 15.3. The Hall–Kier alpha value is -5.29. The van der Waals surface area contributed by atoms with E-state index in [0.717, 1.165) is 28.2 Å². The highest BCUT2D eigenvalue weighted by Gasteiger charge is 2.53. The molecule has 0 bridgehead atoms. The third-order valence-corrected chi connectivity index (χ3v) is 8.68. The first-order chi connectivity index (χ1) is 22.1. The van der Waals surface area contributed by atoms with E-state index < -0.39 is 64.0 Å². The third kappa shape index (κ3) is 7.10. The number of amides is 4. The zero-order valence-electron chi connectivity index (χ0n) is 25.0. The van der Waals surface area contributed by atoms with Gasteiger partial charge in [0.2, 0.25) is 23.3 Å². The molecular weight excluding hydrogens is 664 g/mol. The van der Waals surface area contributed by atoms with Crippen LogP contribution in [0.3, 0.4) is 0 Å². The second-order valence-corrected chi connectivity index (χ2v) is 12.3. The lowest BCUT2D eigenvalue weighted by Crippen LogP contribution is -2.71. The molecule has 1 fully saturated rings. The molecule has 4 rings (SSSR count).